The number of hydrogen-bond acceptors (Lipinski definition) is 4. The summed E-state index contributed by atoms with van der Waals surface area (Å²) in [5.41, 5.74) is 5.45. The van der Waals surface area contributed by atoms with Crippen LogP contribution < -0.4 is 10.6 Å². The molecule has 0 spiro atoms. The fraction of sp³-hybridized carbons (Fsp3) is 0.500. The first-order valence-corrected chi connectivity index (χ1v) is 6.63. The molecule has 1 unspecified atom stereocenters. The minimum atomic E-state index is -1.17. The number of carbonyl (C=O) groups excluding carboxylic acids is 1. The maximum Gasteiger partial charge on any atom is 0.340 e. The van der Waals surface area contributed by atoms with Crippen LogP contribution in [0.25, 0.3) is 0 Å². The number of piperidine rings is 1. The Hall–Kier alpha value is -1.69. The summed E-state index contributed by atoms with van der Waals surface area (Å²) in [6, 6.07) is 2.67. The summed E-state index contributed by atoms with van der Waals surface area (Å²) >= 11 is 0. The average Bonchev–Trinajstić information content (AvgIpc) is 2.49. The molecule has 1 aromatic carbocycles. The molecule has 1 aromatic rings. The van der Waals surface area contributed by atoms with E-state index in [1.54, 1.807) is 4.90 Å². The van der Waals surface area contributed by atoms with Gasteiger partial charge >= 0.3 is 5.97 Å². The zero-order valence-electron chi connectivity index (χ0n) is 11.4. The van der Waals surface area contributed by atoms with E-state index in [1.807, 2.05) is 0 Å². The van der Waals surface area contributed by atoms with Gasteiger partial charge in [-0.05, 0) is 31.4 Å². The molecule has 1 atom stereocenters. The van der Waals surface area contributed by atoms with Crippen molar-refractivity contribution in [2.24, 2.45) is 5.73 Å². The van der Waals surface area contributed by atoms with Gasteiger partial charge in [0.25, 0.3) is 0 Å². The lowest BCUT2D eigenvalue weighted by atomic mass is 10.0. The predicted molar refractivity (Wildman–Crippen MR) is 71.7 cm³/mol. The van der Waals surface area contributed by atoms with Gasteiger partial charge in [-0.1, -0.05) is 0 Å². The van der Waals surface area contributed by atoms with Crippen molar-refractivity contribution in [2.75, 3.05) is 25.1 Å². The van der Waals surface area contributed by atoms with Crippen molar-refractivity contribution in [3.8, 4) is 0 Å². The van der Waals surface area contributed by atoms with Crippen molar-refractivity contribution >= 4 is 11.7 Å². The number of anilines is 1. The first-order chi connectivity index (χ1) is 9.60. The van der Waals surface area contributed by atoms with Crippen LogP contribution in [0.2, 0.25) is 0 Å². The van der Waals surface area contributed by atoms with Gasteiger partial charge < -0.3 is 15.4 Å². The molecule has 0 aliphatic carbocycles. The molecule has 1 saturated heterocycles. The smallest absolute Gasteiger partial charge is 0.340 e. The van der Waals surface area contributed by atoms with Crippen LogP contribution in [0.15, 0.2) is 12.1 Å². The van der Waals surface area contributed by atoms with Gasteiger partial charge in [0.1, 0.15) is 0 Å². The molecule has 20 heavy (non-hydrogen) atoms. The van der Waals surface area contributed by atoms with E-state index >= 15 is 0 Å². The molecule has 1 fully saturated rings. The van der Waals surface area contributed by atoms with E-state index in [4.69, 9.17) is 5.73 Å². The number of ether oxygens (including phenoxy) is 1. The van der Waals surface area contributed by atoms with Gasteiger partial charge in [0.2, 0.25) is 0 Å². The van der Waals surface area contributed by atoms with Crippen molar-refractivity contribution in [3.05, 3.63) is 29.3 Å². The third-order valence-corrected chi connectivity index (χ3v) is 3.68. The van der Waals surface area contributed by atoms with Crippen molar-refractivity contribution in [3.63, 3.8) is 0 Å². The second kappa shape index (κ2) is 6.17. The second-order valence-corrected chi connectivity index (χ2v) is 4.83. The number of benzene rings is 1. The summed E-state index contributed by atoms with van der Waals surface area (Å²) in [7, 11) is 1.13. The number of carbonyl (C=O) groups is 1. The molecule has 1 aliphatic heterocycles. The topological polar surface area (TPSA) is 55.6 Å². The van der Waals surface area contributed by atoms with Gasteiger partial charge in [0.15, 0.2) is 11.6 Å². The Morgan fingerprint density at radius 3 is 2.80 bits per heavy atom. The van der Waals surface area contributed by atoms with Gasteiger partial charge in [-0.25, -0.2) is 13.6 Å². The van der Waals surface area contributed by atoms with Crippen LogP contribution >= 0.6 is 0 Å². The van der Waals surface area contributed by atoms with E-state index in [1.165, 1.54) is 12.1 Å². The summed E-state index contributed by atoms with van der Waals surface area (Å²) in [6.45, 7) is 1.02. The molecule has 110 valence electrons. The summed E-state index contributed by atoms with van der Waals surface area (Å²) in [5, 5.41) is 0. The van der Waals surface area contributed by atoms with Crippen molar-refractivity contribution in [2.45, 2.75) is 25.3 Å². The number of hydrogen-bond donors (Lipinski definition) is 1. The Bertz CT molecular complexity index is 508. The SMILES string of the molecule is COC(=O)c1ccc(N2CCCCC2CN)c(F)c1F. The van der Waals surface area contributed by atoms with Gasteiger partial charge in [-0.15, -0.1) is 0 Å². The van der Waals surface area contributed by atoms with Crippen LogP contribution in [0.5, 0.6) is 0 Å². The molecule has 0 amide bonds. The van der Waals surface area contributed by atoms with Crippen molar-refractivity contribution in [1.82, 2.24) is 0 Å². The lowest BCUT2D eigenvalue weighted by Gasteiger charge is -2.37. The summed E-state index contributed by atoms with van der Waals surface area (Å²) < 4.78 is 32.6. The molecule has 1 aliphatic rings. The van der Waals surface area contributed by atoms with Crippen LogP contribution in [-0.2, 0) is 4.74 Å². The highest BCUT2D eigenvalue weighted by Gasteiger charge is 2.27. The van der Waals surface area contributed by atoms with Gasteiger partial charge in [0, 0.05) is 19.1 Å². The van der Waals surface area contributed by atoms with E-state index in [0.29, 0.717) is 13.1 Å². The number of nitrogens with zero attached hydrogens (tertiary/aromatic N) is 1. The lowest BCUT2D eigenvalue weighted by molar-refractivity contribution is 0.0594. The quantitative estimate of drug-likeness (QED) is 0.863. The molecule has 4 nitrogen and oxygen atoms in total. The Labute approximate surface area is 116 Å². The largest absolute Gasteiger partial charge is 0.465 e. The predicted octanol–water partition coefficient (Wildman–Crippen LogP) is 2.07. The number of methoxy groups -OCH3 is 1. The van der Waals surface area contributed by atoms with E-state index in [-0.39, 0.29) is 11.7 Å². The monoisotopic (exact) mass is 284 g/mol. The Morgan fingerprint density at radius 2 is 2.15 bits per heavy atom. The Kier molecular flexibility index (Phi) is 4.54. The molecule has 0 aromatic heterocycles. The molecule has 0 saturated carbocycles. The highest BCUT2D eigenvalue weighted by molar-refractivity contribution is 5.90. The molecule has 2 rings (SSSR count). The number of rotatable bonds is 3. The van der Waals surface area contributed by atoms with Crippen LogP contribution in [0, 0.1) is 11.6 Å². The van der Waals surface area contributed by atoms with E-state index < -0.39 is 23.2 Å². The third kappa shape index (κ3) is 2.60. The lowest BCUT2D eigenvalue weighted by Crippen LogP contribution is -2.44. The number of esters is 1. The fourth-order valence-electron chi connectivity index (χ4n) is 2.59. The standard InChI is InChI=1S/C14H18F2N2O2/c1-20-14(19)10-5-6-11(13(16)12(10)15)18-7-3-2-4-9(18)8-17/h5-6,9H,2-4,7-8,17H2,1H3. The van der Waals surface area contributed by atoms with E-state index in [0.717, 1.165) is 26.4 Å². The maximum absolute atomic E-state index is 14.2. The van der Waals surface area contributed by atoms with Gasteiger partial charge in [0.05, 0.1) is 18.4 Å². The van der Waals surface area contributed by atoms with Gasteiger partial charge in [-0.2, -0.15) is 0 Å². The summed E-state index contributed by atoms with van der Waals surface area (Å²) in [4.78, 5) is 13.1. The van der Waals surface area contributed by atoms with Crippen LogP contribution in [0.3, 0.4) is 0 Å². The molecule has 6 heteroatoms. The second-order valence-electron chi connectivity index (χ2n) is 4.83. The minimum absolute atomic E-state index is 0.00151. The average molecular weight is 284 g/mol. The van der Waals surface area contributed by atoms with Crippen molar-refractivity contribution in [1.29, 1.82) is 0 Å². The molecule has 0 radical (unpaired) electrons. The van der Waals surface area contributed by atoms with Gasteiger partial charge in [-0.3, -0.25) is 0 Å². The normalized spacial score (nSPS) is 19.0. The minimum Gasteiger partial charge on any atom is -0.465 e. The molecular formula is C14H18F2N2O2. The van der Waals surface area contributed by atoms with Crippen LogP contribution in [0.4, 0.5) is 14.5 Å². The van der Waals surface area contributed by atoms with Crippen molar-refractivity contribution < 1.29 is 18.3 Å². The fourth-order valence-corrected chi connectivity index (χ4v) is 2.59. The molecule has 2 N–H and O–H groups in total. The summed E-state index contributed by atoms with van der Waals surface area (Å²) in [5.74, 6) is -3.08. The van der Waals surface area contributed by atoms with Crippen LogP contribution in [-0.4, -0.2) is 32.2 Å². The third-order valence-electron chi connectivity index (χ3n) is 3.68. The van der Waals surface area contributed by atoms with Crippen LogP contribution in [0.1, 0.15) is 29.6 Å². The maximum atomic E-state index is 14.2. The molecule has 0 bridgehead atoms. The zero-order valence-corrected chi connectivity index (χ0v) is 11.4. The first kappa shape index (κ1) is 14.7. The first-order valence-electron chi connectivity index (χ1n) is 6.63. The number of nitrogens with two attached hydrogens (primary N) is 1. The zero-order chi connectivity index (χ0) is 14.7. The Balaban J connectivity index is 2.38. The Morgan fingerprint density at radius 1 is 1.40 bits per heavy atom. The molecule has 1 heterocycles. The number of halogens is 2. The molecular weight excluding hydrogens is 266 g/mol. The van der Waals surface area contributed by atoms with E-state index in [2.05, 4.69) is 4.74 Å². The summed E-state index contributed by atoms with van der Waals surface area (Å²) in [6.07, 6.45) is 2.80. The highest BCUT2D eigenvalue weighted by atomic mass is 19.2. The van der Waals surface area contributed by atoms with E-state index in [9.17, 15) is 13.6 Å². The highest BCUT2D eigenvalue weighted by Crippen LogP contribution is 2.29.